The summed E-state index contributed by atoms with van der Waals surface area (Å²) in [5.74, 6) is -0.981. The van der Waals surface area contributed by atoms with Gasteiger partial charge in [0.05, 0.1) is 13.7 Å². The SMILES string of the molecule is COc1ccc([C@@H](C(=O)O)N(C)Cc2nnc(C)o2)cc1F. The van der Waals surface area contributed by atoms with E-state index in [1.807, 2.05) is 0 Å². The molecule has 1 atom stereocenters. The van der Waals surface area contributed by atoms with E-state index in [0.29, 0.717) is 17.3 Å². The zero-order valence-electron chi connectivity index (χ0n) is 12.4. The van der Waals surface area contributed by atoms with E-state index < -0.39 is 17.8 Å². The zero-order chi connectivity index (χ0) is 16.3. The summed E-state index contributed by atoms with van der Waals surface area (Å²) in [4.78, 5) is 13.0. The van der Waals surface area contributed by atoms with Crippen molar-refractivity contribution in [2.45, 2.75) is 19.5 Å². The van der Waals surface area contributed by atoms with Crippen LogP contribution in [0.15, 0.2) is 22.6 Å². The Morgan fingerprint density at radius 3 is 2.73 bits per heavy atom. The minimum Gasteiger partial charge on any atom is -0.494 e. The van der Waals surface area contributed by atoms with Gasteiger partial charge in [-0.25, -0.2) is 4.39 Å². The van der Waals surface area contributed by atoms with Gasteiger partial charge in [-0.15, -0.1) is 10.2 Å². The minimum absolute atomic E-state index is 0.0584. The van der Waals surface area contributed by atoms with Crippen LogP contribution in [0.2, 0.25) is 0 Å². The molecular weight excluding hydrogens is 293 g/mol. The molecule has 0 spiro atoms. The maximum Gasteiger partial charge on any atom is 0.325 e. The molecule has 1 aromatic heterocycles. The summed E-state index contributed by atoms with van der Waals surface area (Å²) in [6, 6.07) is 3.00. The summed E-state index contributed by atoms with van der Waals surface area (Å²) in [5.41, 5.74) is 0.296. The molecule has 1 N–H and O–H groups in total. The van der Waals surface area contributed by atoms with Gasteiger partial charge in [-0.1, -0.05) is 6.07 Å². The Balaban J connectivity index is 2.25. The number of aromatic nitrogens is 2. The fraction of sp³-hybridized carbons (Fsp3) is 0.357. The number of ether oxygens (including phenoxy) is 1. The molecule has 0 aliphatic heterocycles. The lowest BCUT2D eigenvalue weighted by atomic mass is 10.1. The van der Waals surface area contributed by atoms with Crippen molar-refractivity contribution in [3.8, 4) is 5.75 Å². The molecule has 0 fully saturated rings. The molecule has 0 amide bonds. The highest BCUT2D eigenvalue weighted by molar-refractivity contribution is 5.75. The molecule has 22 heavy (non-hydrogen) atoms. The van der Waals surface area contributed by atoms with Crippen molar-refractivity contribution in [2.24, 2.45) is 0 Å². The quantitative estimate of drug-likeness (QED) is 0.870. The molecule has 0 saturated carbocycles. The first-order valence-electron chi connectivity index (χ1n) is 6.48. The van der Waals surface area contributed by atoms with Crippen LogP contribution < -0.4 is 4.74 Å². The molecular formula is C14H16FN3O4. The number of benzene rings is 1. The van der Waals surface area contributed by atoms with Crippen LogP contribution in [0.4, 0.5) is 4.39 Å². The Labute approximate surface area is 126 Å². The lowest BCUT2D eigenvalue weighted by molar-refractivity contribution is -0.143. The highest BCUT2D eigenvalue weighted by Gasteiger charge is 2.27. The van der Waals surface area contributed by atoms with Gasteiger partial charge < -0.3 is 14.3 Å². The van der Waals surface area contributed by atoms with Crippen LogP contribution in [-0.2, 0) is 11.3 Å². The number of carboxylic acid groups (broad SMARTS) is 1. The van der Waals surface area contributed by atoms with Crippen LogP contribution in [0.5, 0.6) is 5.75 Å². The first-order chi connectivity index (χ1) is 10.4. The second-order valence-corrected chi connectivity index (χ2v) is 4.76. The van der Waals surface area contributed by atoms with Crippen LogP contribution in [0.25, 0.3) is 0 Å². The third kappa shape index (κ3) is 3.40. The van der Waals surface area contributed by atoms with Crippen molar-refractivity contribution in [3.63, 3.8) is 0 Å². The van der Waals surface area contributed by atoms with Crippen molar-refractivity contribution < 1.29 is 23.4 Å². The van der Waals surface area contributed by atoms with Gasteiger partial charge in [-0.05, 0) is 24.7 Å². The number of nitrogens with zero attached hydrogens (tertiary/aromatic N) is 3. The second-order valence-electron chi connectivity index (χ2n) is 4.76. The van der Waals surface area contributed by atoms with Crippen LogP contribution in [0.3, 0.4) is 0 Å². The number of rotatable bonds is 6. The second kappa shape index (κ2) is 6.52. The van der Waals surface area contributed by atoms with Crippen molar-refractivity contribution in [2.75, 3.05) is 14.2 Å². The van der Waals surface area contributed by atoms with Crippen molar-refractivity contribution in [3.05, 3.63) is 41.4 Å². The Kier molecular flexibility index (Phi) is 4.71. The largest absolute Gasteiger partial charge is 0.494 e. The number of methoxy groups -OCH3 is 1. The van der Waals surface area contributed by atoms with E-state index in [9.17, 15) is 14.3 Å². The first-order valence-corrected chi connectivity index (χ1v) is 6.48. The average molecular weight is 309 g/mol. The van der Waals surface area contributed by atoms with Crippen molar-refractivity contribution in [1.29, 1.82) is 0 Å². The number of aryl methyl sites for hydroxylation is 1. The van der Waals surface area contributed by atoms with Gasteiger partial charge in [-0.2, -0.15) is 0 Å². The Morgan fingerprint density at radius 2 is 2.23 bits per heavy atom. The number of aliphatic carboxylic acids is 1. The number of carboxylic acids is 1. The van der Waals surface area contributed by atoms with E-state index in [0.717, 1.165) is 6.07 Å². The summed E-state index contributed by atoms with van der Waals surface area (Å²) < 4.78 is 23.8. The molecule has 118 valence electrons. The van der Waals surface area contributed by atoms with Gasteiger partial charge in [0.1, 0.15) is 6.04 Å². The number of hydrogen-bond acceptors (Lipinski definition) is 6. The topological polar surface area (TPSA) is 88.7 Å². The van der Waals surface area contributed by atoms with Crippen molar-refractivity contribution in [1.82, 2.24) is 15.1 Å². The van der Waals surface area contributed by atoms with Gasteiger partial charge in [0.25, 0.3) is 0 Å². The summed E-state index contributed by atoms with van der Waals surface area (Å²) in [5, 5.41) is 16.9. The summed E-state index contributed by atoms with van der Waals surface area (Å²) in [6.07, 6.45) is 0. The molecule has 1 aromatic carbocycles. The van der Waals surface area contributed by atoms with E-state index in [4.69, 9.17) is 9.15 Å². The summed E-state index contributed by atoms with van der Waals surface area (Å²) in [7, 11) is 2.93. The van der Waals surface area contributed by atoms with Gasteiger partial charge in [0.15, 0.2) is 11.6 Å². The smallest absolute Gasteiger partial charge is 0.325 e. The predicted molar refractivity (Wildman–Crippen MR) is 73.8 cm³/mol. The molecule has 0 bridgehead atoms. The van der Waals surface area contributed by atoms with Gasteiger partial charge in [0, 0.05) is 6.92 Å². The molecule has 1 heterocycles. The molecule has 0 radical (unpaired) electrons. The molecule has 0 unspecified atom stereocenters. The third-order valence-corrected chi connectivity index (χ3v) is 3.12. The average Bonchev–Trinajstić information content (AvgIpc) is 2.84. The molecule has 7 nitrogen and oxygen atoms in total. The lowest BCUT2D eigenvalue weighted by Gasteiger charge is -2.23. The van der Waals surface area contributed by atoms with Crippen molar-refractivity contribution >= 4 is 5.97 Å². The fourth-order valence-corrected chi connectivity index (χ4v) is 2.14. The molecule has 0 saturated heterocycles. The van der Waals surface area contributed by atoms with Crippen LogP contribution in [0.1, 0.15) is 23.4 Å². The van der Waals surface area contributed by atoms with Gasteiger partial charge in [-0.3, -0.25) is 9.69 Å². The van der Waals surface area contributed by atoms with E-state index in [1.165, 1.54) is 24.1 Å². The molecule has 8 heteroatoms. The van der Waals surface area contributed by atoms with Crippen LogP contribution >= 0.6 is 0 Å². The van der Waals surface area contributed by atoms with Crippen LogP contribution in [0, 0.1) is 12.7 Å². The Morgan fingerprint density at radius 1 is 1.50 bits per heavy atom. The van der Waals surface area contributed by atoms with Gasteiger partial charge in [0.2, 0.25) is 11.8 Å². The number of carbonyl (C=O) groups is 1. The number of hydrogen-bond donors (Lipinski definition) is 1. The van der Waals surface area contributed by atoms with E-state index in [-0.39, 0.29) is 12.3 Å². The fourth-order valence-electron chi connectivity index (χ4n) is 2.14. The first kappa shape index (κ1) is 15.9. The number of likely N-dealkylation sites (N-methyl/N-ethyl adjacent to an activating group) is 1. The monoisotopic (exact) mass is 309 g/mol. The standard InChI is InChI=1S/C14H16FN3O4/c1-8-16-17-12(22-8)7-18(2)13(14(19)20)9-4-5-11(21-3)10(15)6-9/h4-6,13H,7H2,1-3H3,(H,19,20)/t13-/m0/s1. The molecule has 0 aliphatic rings. The maximum absolute atomic E-state index is 13.8. The third-order valence-electron chi connectivity index (χ3n) is 3.12. The highest BCUT2D eigenvalue weighted by Crippen LogP contribution is 2.26. The lowest BCUT2D eigenvalue weighted by Crippen LogP contribution is -2.30. The zero-order valence-corrected chi connectivity index (χ0v) is 12.4. The minimum atomic E-state index is -1.11. The van der Waals surface area contributed by atoms with E-state index in [1.54, 1.807) is 14.0 Å². The molecule has 0 aliphatic carbocycles. The van der Waals surface area contributed by atoms with Gasteiger partial charge >= 0.3 is 5.97 Å². The molecule has 2 aromatic rings. The van der Waals surface area contributed by atoms with E-state index >= 15 is 0 Å². The Hall–Kier alpha value is -2.48. The molecule has 2 rings (SSSR count). The summed E-state index contributed by atoms with van der Waals surface area (Å²) >= 11 is 0. The Bertz CT molecular complexity index is 674. The van der Waals surface area contributed by atoms with E-state index in [2.05, 4.69) is 10.2 Å². The summed E-state index contributed by atoms with van der Waals surface area (Å²) in [6.45, 7) is 1.77. The van der Waals surface area contributed by atoms with Crippen LogP contribution in [-0.4, -0.2) is 40.3 Å². The predicted octanol–water partition coefficient (Wildman–Crippen LogP) is 1.78. The number of halogens is 1. The normalized spacial score (nSPS) is 12.4. The highest BCUT2D eigenvalue weighted by atomic mass is 19.1. The maximum atomic E-state index is 13.8.